The van der Waals surface area contributed by atoms with Crippen molar-refractivity contribution in [2.45, 2.75) is 129 Å². The quantitative estimate of drug-likeness (QED) is 0.0424. The minimum atomic E-state index is -0.591. The standard InChI is InChI=1S/C70H76N6O9S2/c1-48-49(2)65(80-42-53-26-14-6-15-27-53)58(84-60(48)46-78-40-51-22-10-4-11-23-51)36-71-70-72-37-62(86-70)64(77)69-50(3)73-63(87-69)35-34-57-38-76(75-74-57)39-59-66(81-43-54-28-16-7-17-29-54)68(83-45-56-32-20-9-21-33-56)67(82-44-55-30-18-8-19-31-55)61(85-59)47-79-41-52-24-12-5-13-25-52/h4-33,37-38,48-49,58-61,65-68H,34-36,39-47H2,1-3H3,(H,71,72). The van der Waals surface area contributed by atoms with Crippen molar-refractivity contribution in [3.05, 3.63) is 254 Å². The summed E-state index contributed by atoms with van der Waals surface area (Å²) in [6, 6.07) is 60.9. The van der Waals surface area contributed by atoms with Gasteiger partial charge < -0.3 is 43.2 Å². The van der Waals surface area contributed by atoms with E-state index in [2.05, 4.69) is 107 Å². The summed E-state index contributed by atoms with van der Waals surface area (Å²) in [5.74, 6) is 0.264. The van der Waals surface area contributed by atoms with Crippen LogP contribution in [-0.2, 0) is 96.9 Å². The molecule has 87 heavy (non-hydrogen) atoms. The van der Waals surface area contributed by atoms with Gasteiger partial charge in [-0.3, -0.25) is 4.79 Å². The van der Waals surface area contributed by atoms with Gasteiger partial charge in [-0.2, -0.15) is 0 Å². The van der Waals surface area contributed by atoms with E-state index in [-0.39, 0.29) is 42.5 Å². The van der Waals surface area contributed by atoms with E-state index >= 15 is 0 Å². The third-order valence-corrected chi connectivity index (χ3v) is 18.3. The van der Waals surface area contributed by atoms with Crippen LogP contribution in [0.3, 0.4) is 0 Å². The largest absolute Gasteiger partial charge is 0.374 e. The van der Waals surface area contributed by atoms with E-state index in [1.807, 2.05) is 127 Å². The summed E-state index contributed by atoms with van der Waals surface area (Å²) in [6.07, 6.45) is 1.29. The lowest BCUT2D eigenvalue weighted by Crippen LogP contribution is -2.62. The van der Waals surface area contributed by atoms with Crippen molar-refractivity contribution >= 4 is 33.6 Å². The average molecular weight is 1210 g/mol. The maximum Gasteiger partial charge on any atom is 0.216 e. The van der Waals surface area contributed by atoms with E-state index in [0.717, 1.165) is 44.1 Å². The first-order valence-electron chi connectivity index (χ1n) is 30.0. The van der Waals surface area contributed by atoms with Crippen LogP contribution in [0.5, 0.6) is 0 Å². The Hall–Kier alpha value is -7.13. The van der Waals surface area contributed by atoms with E-state index in [9.17, 15) is 4.79 Å². The molecule has 0 amide bonds. The highest BCUT2D eigenvalue weighted by Crippen LogP contribution is 2.36. The molecule has 10 atom stereocenters. The van der Waals surface area contributed by atoms with Crippen molar-refractivity contribution in [3.8, 4) is 0 Å². The zero-order valence-electron chi connectivity index (χ0n) is 49.5. The van der Waals surface area contributed by atoms with Crippen LogP contribution in [0.4, 0.5) is 5.13 Å². The van der Waals surface area contributed by atoms with Crippen molar-refractivity contribution in [3.63, 3.8) is 0 Å². The minimum Gasteiger partial charge on any atom is -0.374 e. The number of hydrogen-bond acceptors (Lipinski definition) is 16. The molecule has 452 valence electrons. The Balaban J connectivity index is 0.753. The van der Waals surface area contributed by atoms with Gasteiger partial charge in [0.2, 0.25) is 5.78 Å². The molecule has 11 rings (SSSR count). The summed E-state index contributed by atoms with van der Waals surface area (Å²) in [5.41, 5.74) is 7.81. The van der Waals surface area contributed by atoms with Crippen LogP contribution in [0.1, 0.15) is 78.2 Å². The van der Waals surface area contributed by atoms with Crippen molar-refractivity contribution < 1.29 is 42.7 Å². The van der Waals surface area contributed by atoms with Crippen LogP contribution in [0.25, 0.3) is 0 Å². The fourth-order valence-corrected chi connectivity index (χ4v) is 13.0. The monoisotopic (exact) mass is 1210 g/mol. The van der Waals surface area contributed by atoms with Gasteiger partial charge in [0.15, 0.2) is 5.13 Å². The summed E-state index contributed by atoms with van der Waals surface area (Å²) in [7, 11) is 0. The fourth-order valence-electron chi connectivity index (χ4n) is 11.2. The van der Waals surface area contributed by atoms with Gasteiger partial charge in [-0.05, 0) is 58.6 Å². The molecule has 3 aromatic heterocycles. The lowest BCUT2D eigenvalue weighted by Gasteiger charge is -2.46. The van der Waals surface area contributed by atoms with Crippen LogP contribution in [0.15, 0.2) is 194 Å². The zero-order valence-corrected chi connectivity index (χ0v) is 51.1. The normalized spacial score (nSPS) is 22.1. The number of hydrogen-bond donors (Lipinski definition) is 1. The van der Waals surface area contributed by atoms with Crippen LogP contribution in [-0.4, -0.2) is 99.3 Å². The number of aryl methyl sites for hydroxylation is 3. The number of anilines is 1. The van der Waals surface area contributed by atoms with Crippen LogP contribution >= 0.6 is 22.7 Å². The Morgan fingerprint density at radius 3 is 1.52 bits per heavy atom. The van der Waals surface area contributed by atoms with Gasteiger partial charge in [0.1, 0.15) is 36.6 Å². The van der Waals surface area contributed by atoms with Gasteiger partial charge >= 0.3 is 0 Å². The number of ketones is 1. The molecule has 0 saturated carbocycles. The van der Waals surface area contributed by atoms with E-state index < -0.39 is 30.5 Å². The van der Waals surface area contributed by atoms with Gasteiger partial charge in [-0.25, -0.2) is 14.6 Å². The molecule has 0 aliphatic carbocycles. The van der Waals surface area contributed by atoms with Crippen LogP contribution < -0.4 is 5.32 Å². The summed E-state index contributed by atoms with van der Waals surface area (Å²) in [6.45, 7) is 10.2. The summed E-state index contributed by atoms with van der Waals surface area (Å²) in [4.78, 5) is 24.9. The molecule has 9 aromatic rings. The molecular formula is C70H76N6O9S2. The minimum absolute atomic E-state index is 0.108. The number of carbonyl (C=O) groups excluding carboxylic acids is 1. The molecule has 5 heterocycles. The van der Waals surface area contributed by atoms with Crippen LogP contribution in [0, 0.1) is 18.8 Å². The molecule has 0 radical (unpaired) electrons. The van der Waals surface area contributed by atoms with E-state index in [1.54, 1.807) is 6.20 Å². The van der Waals surface area contributed by atoms with Gasteiger partial charge in [0, 0.05) is 19.2 Å². The van der Waals surface area contributed by atoms with Crippen molar-refractivity contribution in [1.29, 1.82) is 0 Å². The number of ether oxygens (including phenoxy) is 8. The number of nitrogens with one attached hydrogen (secondary N) is 1. The van der Waals surface area contributed by atoms with Crippen molar-refractivity contribution in [1.82, 2.24) is 25.0 Å². The molecular weight excluding hydrogens is 1130 g/mol. The summed E-state index contributed by atoms with van der Waals surface area (Å²) < 4.78 is 55.9. The SMILES string of the molecule is Cc1nc(CCc2cn(CC3OC(COCc4ccccc4)C(OCc4ccccc4)C(OCc4ccccc4)C3OCc3ccccc3)nn2)sc1C(=O)c1cnc(NCC2OC(COCc3ccccc3)C(C)C(C)C2OCc2ccccc2)s1. The number of aromatic nitrogens is 5. The molecule has 10 unspecified atom stereocenters. The second-order valence-corrected chi connectivity index (χ2v) is 24.5. The first-order chi connectivity index (χ1) is 42.8. The number of carbonyl (C=O) groups is 1. The Labute approximate surface area is 518 Å². The van der Waals surface area contributed by atoms with Crippen LogP contribution in [0.2, 0.25) is 0 Å². The highest BCUT2D eigenvalue weighted by molar-refractivity contribution is 7.19. The van der Waals surface area contributed by atoms with Gasteiger partial charge in [-0.15, -0.1) is 16.4 Å². The Kier molecular flexibility index (Phi) is 22.0. The average Bonchev–Trinajstić information content (AvgIpc) is 3.94. The number of benzene rings is 6. The molecule has 1 N–H and O–H groups in total. The number of rotatable bonds is 30. The molecule has 15 nitrogen and oxygen atoms in total. The highest BCUT2D eigenvalue weighted by atomic mass is 32.1. The van der Waals surface area contributed by atoms with Crippen molar-refractivity contribution in [2.75, 3.05) is 25.1 Å². The van der Waals surface area contributed by atoms with Gasteiger partial charge in [0.25, 0.3) is 0 Å². The molecule has 6 aromatic carbocycles. The smallest absolute Gasteiger partial charge is 0.216 e. The van der Waals surface area contributed by atoms with E-state index in [4.69, 9.17) is 42.9 Å². The molecule has 2 aliphatic heterocycles. The maximum atomic E-state index is 14.2. The van der Waals surface area contributed by atoms with Gasteiger partial charge in [0.05, 0.1) is 104 Å². The molecule has 0 bridgehead atoms. The fraction of sp³-hybridized carbons (Fsp3) is 0.357. The maximum absolute atomic E-state index is 14.2. The topological polar surface area (TPSA) is 159 Å². The van der Waals surface area contributed by atoms with E-state index in [1.165, 1.54) is 22.7 Å². The number of nitrogens with zero attached hydrogens (tertiary/aromatic N) is 5. The first kappa shape index (κ1) is 61.5. The zero-order chi connectivity index (χ0) is 59.6. The second kappa shape index (κ2) is 31.2. The Morgan fingerprint density at radius 1 is 0.529 bits per heavy atom. The first-order valence-corrected chi connectivity index (χ1v) is 31.7. The molecule has 0 spiro atoms. The summed E-state index contributed by atoms with van der Waals surface area (Å²) >= 11 is 2.73. The summed E-state index contributed by atoms with van der Waals surface area (Å²) in [5, 5.41) is 14.2. The predicted molar refractivity (Wildman–Crippen MR) is 336 cm³/mol. The third-order valence-electron chi connectivity index (χ3n) is 16.1. The third kappa shape index (κ3) is 17.1. The van der Waals surface area contributed by atoms with Crippen molar-refractivity contribution in [2.24, 2.45) is 11.8 Å². The number of thiazole rings is 2. The molecule has 2 aliphatic rings. The predicted octanol–water partition coefficient (Wildman–Crippen LogP) is 12.5. The molecule has 2 fully saturated rings. The Morgan fingerprint density at radius 2 is 0.989 bits per heavy atom. The Bertz CT molecular complexity index is 3470. The molecule has 17 heteroatoms. The second-order valence-electron chi connectivity index (χ2n) is 22.4. The highest BCUT2D eigenvalue weighted by Gasteiger charge is 2.49. The van der Waals surface area contributed by atoms with Gasteiger partial charge in [-0.1, -0.05) is 212 Å². The molecule has 2 saturated heterocycles. The lowest BCUT2D eigenvalue weighted by atomic mass is 9.81. The van der Waals surface area contributed by atoms with E-state index in [0.29, 0.717) is 92.8 Å². The lowest BCUT2D eigenvalue weighted by molar-refractivity contribution is -0.275.